The summed E-state index contributed by atoms with van der Waals surface area (Å²) in [5, 5.41) is 19.6. The number of halogens is 1. The van der Waals surface area contributed by atoms with Gasteiger partial charge in [-0.25, -0.2) is 4.39 Å². The van der Waals surface area contributed by atoms with Crippen molar-refractivity contribution in [2.24, 2.45) is 0 Å². The van der Waals surface area contributed by atoms with E-state index in [0.717, 1.165) is 5.56 Å². The van der Waals surface area contributed by atoms with Crippen molar-refractivity contribution >= 4 is 0 Å². The summed E-state index contributed by atoms with van der Waals surface area (Å²) < 4.78 is 13.0. The van der Waals surface area contributed by atoms with Gasteiger partial charge in [0.25, 0.3) is 0 Å². The molecule has 1 atom stereocenters. The molecular formula is C10H10FN3O. The second kappa shape index (κ2) is 3.78. The molecule has 2 N–H and O–H groups in total. The molecule has 4 nitrogen and oxygen atoms in total. The highest BCUT2D eigenvalue weighted by Crippen LogP contribution is 2.23. The van der Waals surface area contributed by atoms with Gasteiger partial charge in [-0.2, -0.15) is 15.4 Å². The van der Waals surface area contributed by atoms with Crippen molar-refractivity contribution in [3.8, 4) is 0 Å². The summed E-state index contributed by atoms with van der Waals surface area (Å²) in [6.07, 6.45) is 0.467. The van der Waals surface area contributed by atoms with Gasteiger partial charge in [-0.3, -0.25) is 0 Å². The number of nitrogens with one attached hydrogen (secondary N) is 1. The van der Waals surface area contributed by atoms with Crippen LogP contribution in [0.1, 0.15) is 22.9 Å². The molecule has 5 heteroatoms. The molecule has 0 aliphatic rings. The van der Waals surface area contributed by atoms with E-state index in [-0.39, 0.29) is 5.82 Å². The van der Waals surface area contributed by atoms with Gasteiger partial charge in [0, 0.05) is 0 Å². The average molecular weight is 207 g/mol. The summed E-state index contributed by atoms with van der Waals surface area (Å²) in [7, 11) is 0. The number of aromatic nitrogens is 3. The number of rotatable bonds is 2. The lowest BCUT2D eigenvalue weighted by molar-refractivity contribution is 0.214. The monoisotopic (exact) mass is 207 g/mol. The minimum absolute atomic E-state index is 0.377. The molecule has 2 rings (SSSR count). The molecule has 0 aliphatic heterocycles. The maximum atomic E-state index is 13.0. The summed E-state index contributed by atoms with van der Waals surface area (Å²) in [5.74, 6) is -0.377. The summed E-state index contributed by atoms with van der Waals surface area (Å²) in [4.78, 5) is 0. The predicted molar refractivity (Wildman–Crippen MR) is 51.6 cm³/mol. The minimum Gasteiger partial charge on any atom is -0.382 e. The average Bonchev–Trinajstić information content (AvgIpc) is 2.74. The standard InChI is InChI=1S/C10H10FN3O/c1-6-2-3-7(11)4-8(6)10(15)9-5-12-14-13-9/h2-5,10,15H,1H3,(H,12,13,14). The third-order valence-corrected chi connectivity index (χ3v) is 2.25. The fraction of sp³-hybridized carbons (Fsp3) is 0.200. The van der Waals surface area contributed by atoms with E-state index >= 15 is 0 Å². The Balaban J connectivity index is 2.41. The molecule has 1 aromatic carbocycles. The van der Waals surface area contributed by atoms with Gasteiger partial charge >= 0.3 is 0 Å². The first kappa shape index (κ1) is 9.79. The first-order valence-electron chi connectivity index (χ1n) is 4.48. The van der Waals surface area contributed by atoms with E-state index in [1.807, 2.05) is 0 Å². The lowest BCUT2D eigenvalue weighted by Crippen LogP contribution is -2.03. The number of aryl methyl sites for hydroxylation is 1. The maximum Gasteiger partial charge on any atom is 0.125 e. The zero-order chi connectivity index (χ0) is 10.8. The topological polar surface area (TPSA) is 61.8 Å². The fourth-order valence-corrected chi connectivity index (χ4v) is 1.41. The summed E-state index contributed by atoms with van der Waals surface area (Å²) in [6, 6.07) is 4.27. The van der Waals surface area contributed by atoms with Crippen LogP contribution in [0.25, 0.3) is 0 Å². The lowest BCUT2D eigenvalue weighted by Gasteiger charge is -2.10. The molecule has 0 aliphatic carbocycles. The largest absolute Gasteiger partial charge is 0.382 e. The Labute approximate surface area is 85.8 Å². The second-order valence-electron chi connectivity index (χ2n) is 3.30. The van der Waals surface area contributed by atoms with Crippen LogP contribution in [0, 0.1) is 12.7 Å². The Morgan fingerprint density at radius 1 is 1.47 bits per heavy atom. The van der Waals surface area contributed by atoms with Crippen LogP contribution in [0.2, 0.25) is 0 Å². The van der Waals surface area contributed by atoms with E-state index in [1.54, 1.807) is 13.0 Å². The van der Waals surface area contributed by atoms with Crippen LogP contribution >= 0.6 is 0 Å². The molecule has 78 valence electrons. The van der Waals surface area contributed by atoms with Crippen molar-refractivity contribution in [2.75, 3.05) is 0 Å². The molecule has 0 amide bonds. The molecule has 0 fully saturated rings. The van der Waals surface area contributed by atoms with E-state index in [2.05, 4.69) is 15.4 Å². The lowest BCUT2D eigenvalue weighted by atomic mass is 10.0. The normalized spacial score (nSPS) is 12.7. The smallest absolute Gasteiger partial charge is 0.125 e. The maximum absolute atomic E-state index is 13.0. The van der Waals surface area contributed by atoms with E-state index < -0.39 is 6.10 Å². The molecule has 1 aromatic heterocycles. The van der Waals surface area contributed by atoms with Crippen molar-refractivity contribution in [1.29, 1.82) is 0 Å². The highest BCUT2D eigenvalue weighted by Gasteiger charge is 2.15. The van der Waals surface area contributed by atoms with Gasteiger partial charge in [0.05, 0.1) is 6.20 Å². The Morgan fingerprint density at radius 3 is 2.93 bits per heavy atom. The van der Waals surface area contributed by atoms with E-state index in [0.29, 0.717) is 11.3 Å². The SMILES string of the molecule is Cc1ccc(F)cc1C(O)c1cn[nH]n1. The Kier molecular flexibility index (Phi) is 2.47. The van der Waals surface area contributed by atoms with Gasteiger partial charge in [-0.05, 0) is 30.2 Å². The van der Waals surface area contributed by atoms with Gasteiger partial charge < -0.3 is 5.11 Å². The summed E-state index contributed by atoms with van der Waals surface area (Å²) in [5.41, 5.74) is 1.69. The Morgan fingerprint density at radius 2 is 2.27 bits per heavy atom. The summed E-state index contributed by atoms with van der Waals surface area (Å²) >= 11 is 0. The number of H-pyrrole nitrogens is 1. The van der Waals surface area contributed by atoms with Gasteiger partial charge in [-0.15, -0.1) is 0 Å². The molecule has 0 spiro atoms. The third-order valence-electron chi connectivity index (χ3n) is 2.25. The highest BCUT2D eigenvalue weighted by atomic mass is 19.1. The van der Waals surface area contributed by atoms with Gasteiger partial charge in [-0.1, -0.05) is 6.07 Å². The van der Waals surface area contributed by atoms with Crippen LogP contribution in [0.3, 0.4) is 0 Å². The number of aromatic amines is 1. The molecule has 0 saturated heterocycles. The van der Waals surface area contributed by atoms with Crippen molar-refractivity contribution in [3.63, 3.8) is 0 Å². The van der Waals surface area contributed by atoms with Crippen LogP contribution < -0.4 is 0 Å². The predicted octanol–water partition coefficient (Wildman–Crippen LogP) is 1.33. The fourth-order valence-electron chi connectivity index (χ4n) is 1.41. The first-order valence-corrected chi connectivity index (χ1v) is 4.48. The van der Waals surface area contributed by atoms with Crippen LogP contribution in [0.15, 0.2) is 24.4 Å². The number of aliphatic hydroxyl groups is 1. The molecular weight excluding hydrogens is 197 g/mol. The molecule has 2 aromatic rings. The Bertz CT molecular complexity index is 456. The van der Waals surface area contributed by atoms with E-state index in [1.165, 1.54) is 18.3 Å². The zero-order valence-corrected chi connectivity index (χ0v) is 8.11. The number of benzene rings is 1. The number of hydrogen-bond acceptors (Lipinski definition) is 3. The van der Waals surface area contributed by atoms with Crippen molar-refractivity contribution in [1.82, 2.24) is 15.4 Å². The minimum atomic E-state index is -0.945. The molecule has 0 radical (unpaired) electrons. The van der Waals surface area contributed by atoms with Crippen molar-refractivity contribution in [2.45, 2.75) is 13.0 Å². The first-order chi connectivity index (χ1) is 7.18. The van der Waals surface area contributed by atoms with Gasteiger partial charge in [0.2, 0.25) is 0 Å². The van der Waals surface area contributed by atoms with Crippen LogP contribution in [0.5, 0.6) is 0 Å². The summed E-state index contributed by atoms with van der Waals surface area (Å²) in [6.45, 7) is 1.80. The number of aliphatic hydroxyl groups excluding tert-OH is 1. The Hall–Kier alpha value is -1.75. The van der Waals surface area contributed by atoms with Crippen LogP contribution in [0.4, 0.5) is 4.39 Å². The highest BCUT2D eigenvalue weighted by molar-refractivity contribution is 5.32. The van der Waals surface area contributed by atoms with Crippen molar-refractivity contribution in [3.05, 3.63) is 47.0 Å². The third kappa shape index (κ3) is 1.87. The second-order valence-corrected chi connectivity index (χ2v) is 3.30. The molecule has 1 unspecified atom stereocenters. The number of hydrogen-bond donors (Lipinski definition) is 2. The van der Waals surface area contributed by atoms with Crippen LogP contribution in [-0.4, -0.2) is 20.5 Å². The molecule has 0 saturated carbocycles. The van der Waals surface area contributed by atoms with Crippen LogP contribution in [-0.2, 0) is 0 Å². The number of nitrogens with zero attached hydrogens (tertiary/aromatic N) is 2. The zero-order valence-electron chi connectivity index (χ0n) is 8.11. The molecule has 1 heterocycles. The van der Waals surface area contributed by atoms with E-state index in [9.17, 15) is 9.50 Å². The quantitative estimate of drug-likeness (QED) is 0.781. The van der Waals surface area contributed by atoms with Crippen molar-refractivity contribution < 1.29 is 9.50 Å². The molecule has 0 bridgehead atoms. The van der Waals surface area contributed by atoms with Gasteiger partial charge in [0.15, 0.2) is 0 Å². The van der Waals surface area contributed by atoms with E-state index in [4.69, 9.17) is 0 Å². The van der Waals surface area contributed by atoms with Gasteiger partial charge in [0.1, 0.15) is 17.6 Å². The molecule has 15 heavy (non-hydrogen) atoms.